The largest absolute Gasteiger partial charge is 0.466 e. The fourth-order valence-electron chi connectivity index (χ4n) is 3.22. The molecule has 31 heavy (non-hydrogen) atoms. The first-order valence-corrected chi connectivity index (χ1v) is 9.72. The maximum atomic E-state index is 12.4. The number of ether oxygens (including phenoxy) is 3. The van der Waals surface area contributed by atoms with Gasteiger partial charge in [0, 0.05) is 17.8 Å². The minimum absolute atomic E-state index is 0.0380. The predicted octanol–water partition coefficient (Wildman–Crippen LogP) is 2.65. The van der Waals surface area contributed by atoms with Crippen molar-refractivity contribution in [2.24, 2.45) is 0 Å². The molecule has 3 rings (SSSR count). The molecule has 162 valence electrons. The highest BCUT2D eigenvalue weighted by atomic mass is 16.5. The predicted molar refractivity (Wildman–Crippen MR) is 114 cm³/mol. The minimum atomic E-state index is -0.680. The molecule has 0 aromatic heterocycles. The number of carbonyl (C=O) groups excluding carboxylic acids is 3. The van der Waals surface area contributed by atoms with Gasteiger partial charge in [0.15, 0.2) is 0 Å². The number of nitrogens with one attached hydrogen (secondary N) is 1. The lowest BCUT2D eigenvalue weighted by Gasteiger charge is -2.31. The SMILES string of the molecule is COC(=O)C1=C(C(=O)OC)N(c2cccc(NC(=O)CCc3ccccc3)c2)COC1. The van der Waals surface area contributed by atoms with Crippen LogP contribution in [-0.4, -0.2) is 45.4 Å². The fraction of sp³-hybridized carbons (Fsp3) is 0.261. The van der Waals surface area contributed by atoms with E-state index < -0.39 is 11.9 Å². The second kappa shape index (κ2) is 10.4. The number of aryl methyl sites for hydroxylation is 1. The highest BCUT2D eigenvalue weighted by Gasteiger charge is 2.32. The molecule has 0 fully saturated rings. The third-order valence-electron chi connectivity index (χ3n) is 4.76. The van der Waals surface area contributed by atoms with Crippen molar-refractivity contribution in [2.75, 3.05) is 37.8 Å². The molecule has 0 spiro atoms. The number of carbonyl (C=O) groups is 3. The first kappa shape index (κ1) is 22.0. The van der Waals surface area contributed by atoms with Crippen LogP contribution in [0.15, 0.2) is 65.9 Å². The lowest BCUT2D eigenvalue weighted by atomic mass is 10.1. The van der Waals surface area contributed by atoms with E-state index in [0.717, 1.165) is 5.56 Å². The van der Waals surface area contributed by atoms with E-state index in [2.05, 4.69) is 5.32 Å². The fourth-order valence-corrected chi connectivity index (χ4v) is 3.22. The van der Waals surface area contributed by atoms with Gasteiger partial charge in [0.2, 0.25) is 5.91 Å². The van der Waals surface area contributed by atoms with Crippen molar-refractivity contribution in [1.82, 2.24) is 0 Å². The minimum Gasteiger partial charge on any atom is -0.466 e. The van der Waals surface area contributed by atoms with Crippen LogP contribution in [-0.2, 0) is 35.0 Å². The monoisotopic (exact) mass is 424 g/mol. The third kappa shape index (κ3) is 5.49. The average molecular weight is 424 g/mol. The Kier molecular flexibility index (Phi) is 7.40. The lowest BCUT2D eigenvalue weighted by Crippen LogP contribution is -2.38. The van der Waals surface area contributed by atoms with Gasteiger partial charge in [-0.05, 0) is 30.2 Å². The molecule has 1 N–H and O–H groups in total. The summed E-state index contributed by atoms with van der Waals surface area (Å²) in [6.07, 6.45) is 0.963. The van der Waals surface area contributed by atoms with E-state index in [1.807, 2.05) is 30.3 Å². The van der Waals surface area contributed by atoms with E-state index in [1.54, 1.807) is 24.3 Å². The highest BCUT2D eigenvalue weighted by molar-refractivity contribution is 6.03. The van der Waals surface area contributed by atoms with E-state index in [0.29, 0.717) is 24.2 Å². The molecule has 0 aliphatic carbocycles. The lowest BCUT2D eigenvalue weighted by molar-refractivity contribution is -0.140. The van der Waals surface area contributed by atoms with Crippen LogP contribution in [0, 0.1) is 0 Å². The number of anilines is 2. The Balaban J connectivity index is 1.78. The van der Waals surface area contributed by atoms with Gasteiger partial charge in [-0.1, -0.05) is 36.4 Å². The smallest absolute Gasteiger partial charge is 0.355 e. The van der Waals surface area contributed by atoms with Crippen molar-refractivity contribution < 1.29 is 28.6 Å². The summed E-state index contributed by atoms with van der Waals surface area (Å²) in [4.78, 5) is 38.4. The van der Waals surface area contributed by atoms with Crippen LogP contribution in [0.25, 0.3) is 0 Å². The number of amides is 1. The van der Waals surface area contributed by atoms with Crippen LogP contribution in [0.3, 0.4) is 0 Å². The number of nitrogens with zero attached hydrogens (tertiary/aromatic N) is 1. The van der Waals surface area contributed by atoms with Crippen LogP contribution in [0.4, 0.5) is 11.4 Å². The van der Waals surface area contributed by atoms with Gasteiger partial charge in [-0.25, -0.2) is 9.59 Å². The maximum absolute atomic E-state index is 12.4. The Bertz CT molecular complexity index is 987. The standard InChI is InChI=1S/C23H24N2O6/c1-29-22(27)19-14-31-15-25(21(19)23(28)30-2)18-10-6-9-17(13-18)24-20(26)12-11-16-7-4-3-5-8-16/h3-10,13H,11-12,14-15H2,1-2H3,(H,24,26). The molecule has 0 unspecified atom stereocenters. The summed E-state index contributed by atoms with van der Waals surface area (Å²) in [5.74, 6) is -1.48. The number of hydrogen-bond donors (Lipinski definition) is 1. The summed E-state index contributed by atoms with van der Waals surface area (Å²) in [5, 5.41) is 2.86. The maximum Gasteiger partial charge on any atom is 0.355 e. The third-order valence-corrected chi connectivity index (χ3v) is 4.76. The van der Waals surface area contributed by atoms with Gasteiger partial charge < -0.3 is 24.4 Å². The van der Waals surface area contributed by atoms with Gasteiger partial charge in [-0.2, -0.15) is 0 Å². The Morgan fingerprint density at radius 3 is 2.45 bits per heavy atom. The molecule has 2 aromatic carbocycles. The van der Waals surface area contributed by atoms with Crippen molar-refractivity contribution in [1.29, 1.82) is 0 Å². The van der Waals surface area contributed by atoms with Gasteiger partial charge in [0.05, 0.1) is 26.4 Å². The van der Waals surface area contributed by atoms with Crippen LogP contribution in [0.2, 0.25) is 0 Å². The summed E-state index contributed by atoms with van der Waals surface area (Å²) >= 11 is 0. The van der Waals surface area contributed by atoms with E-state index in [4.69, 9.17) is 14.2 Å². The van der Waals surface area contributed by atoms with Gasteiger partial charge in [-0.3, -0.25) is 4.79 Å². The van der Waals surface area contributed by atoms with Crippen LogP contribution in [0.5, 0.6) is 0 Å². The molecule has 0 radical (unpaired) electrons. The number of rotatable bonds is 7. The number of methoxy groups -OCH3 is 2. The van der Waals surface area contributed by atoms with Crippen LogP contribution in [0.1, 0.15) is 12.0 Å². The molecule has 8 heteroatoms. The Labute approximate surface area is 180 Å². The average Bonchev–Trinajstić information content (AvgIpc) is 2.82. The number of esters is 2. The molecule has 1 amide bonds. The molecule has 1 heterocycles. The molecule has 0 bridgehead atoms. The van der Waals surface area contributed by atoms with Gasteiger partial charge in [-0.15, -0.1) is 0 Å². The van der Waals surface area contributed by atoms with Crippen molar-refractivity contribution in [3.05, 3.63) is 71.4 Å². The second-order valence-corrected chi connectivity index (χ2v) is 6.80. The number of benzene rings is 2. The van der Waals surface area contributed by atoms with Crippen molar-refractivity contribution >= 4 is 29.2 Å². The van der Waals surface area contributed by atoms with Crippen LogP contribution >= 0.6 is 0 Å². The molecule has 2 aromatic rings. The van der Waals surface area contributed by atoms with Gasteiger partial charge in [0.1, 0.15) is 12.4 Å². The summed E-state index contributed by atoms with van der Waals surface area (Å²) in [5.41, 5.74) is 2.32. The van der Waals surface area contributed by atoms with Crippen molar-refractivity contribution in [3.8, 4) is 0 Å². The van der Waals surface area contributed by atoms with E-state index in [1.165, 1.54) is 19.1 Å². The summed E-state index contributed by atoms with van der Waals surface area (Å²) in [6, 6.07) is 16.7. The summed E-state index contributed by atoms with van der Waals surface area (Å²) < 4.78 is 15.1. The van der Waals surface area contributed by atoms with Gasteiger partial charge in [0.25, 0.3) is 0 Å². The zero-order valence-electron chi connectivity index (χ0n) is 17.4. The topological polar surface area (TPSA) is 94.2 Å². The summed E-state index contributed by atoms with van der Waals surface area (Å²) in [6.45, 7) is -0.0279. The zero-order valence-corrected chi connectivity index (χ0v) is 17.4. The first-order valence-electron chi connectivity index (χ1n) is 9.72. The van der Waals surface area contributed by atoms with E-state index >= 15 is 0 Å². The molecule has 8 nitrogen and oxygen atoms in total. The highest BCUT2D eigenvalue weighted by Crippen LogP contribution is 2.28. The van der Waals surface area contributed by atoms with E-state index in [9.17, 15) is 14.4 Å². The molecule has 1 aliphatic rings. The first-order chi connectivity index (χ1) is 15.0. The van der Waals surface area contributed by atoms with Crippen molar-refractivity contribution in [2.45, 2.75) is 12.8 Å². The van der Waals surface area contributed by atoms with Crippen LogP contribution < -0.4 is 10.2 Å². The molecule has 1 aliphatic heterocycles. The second-order valence-electron chi connectivity index (χ2n) is 6.80. The van der Waals surface area contributed by atoms with E-state index in [-0.39, 0.29) is 30.5 Å². The molecule has 0 saturated heterocycles. The molecule has 0 saturated carbocycles. The Hall–Kier alpha value is -3.65. The zero-order chi connectivity index (χ0) is 22.2. The summed E-state index contributed by atoms with van der Waals surface area (Å²) in [7, 11) is 2.47. The van der Waals surface area contributed by atoms with Crippen molar-refractivity contribution in [3.63, 3.8) is 0 Å². The van der Waals surface area contributed by atoms with Gasteiger partial charge >= 0.3 is 11.9 Å². The molecular weight excluding hydrogens is 400 g/mol. The molecular formula is C23H24N2O6. The number of hydrogen-bond acceptors (Lipinski definition) is 7. The Morgan fingerprint density at radius 2 is 1.74 bits per heavy atom. The molecule has 0 atom stereocenters. The Morgan fingerprint density at radius 1 is 1.00 bits per heavy atom. The normalized spacial score (nSPS) is 13.5. The quantitative estimate of drug-likeness (QED) is 0.683.